The minimum atomic E-state index is -0.0295. The third kappa shape index (κ3) is 7.64. The first-order chi connectivity index (χ1) is 18.5. The van der Waals surface area contributed by atoms with Crippen LogP contribution in [0.15, 0.2) is 48.5 Å². The van der Waals surface area contributed by atoms with E-state index in [2.05, 4.69) is 29.7 Å². The van der Waals surface area contributed by atoms with Crippen molar-refractivity contribution in [2.24, 2.45) is 5.92 Å². The van der Waals surface area contributed by atoms with Gasteiger partial charge in [-0.15, -0.1) is 0 Å². The highest BCUT2D eigenvalue weighted by Crippen LogP contribution is 2.31. The lowest BCUT2D eigenvalue weighted by Crippen LogP contribution is -2.42. The van der Waals surface area contributed by atoms with Crippen molar-refractivity contribution in [3.63, 3.8) is 0 Å². The van der Waals surface area contributed by atoms with Crippen molar-refractivity contribution < 1.29 is 14.3 Å². The van der Waals surface area contributed by atoms with Crippen LogP contribution in [-0.2, 0) is 4.74 Å². The number of halogens is 1. The average Bonchev–Trinajstić information content (AvgIpc) is 3.28. The Morgan fingerprint density at radius 3 is 2.13 bits per heavy atom. The smallest absolute Gasteiger partial charge is 0.321 e. The molecule has 2 bridgehead atoms. The molecule has 0 aromatic heterocycles. The number of nitrogens with zero attached hydrogens (tertiary/aromatic N) is 1. The Bertz CT molecular complexity index is 1010. The Morgan fingerprint density at radius 2 is 1.55 bits per heavy atom. The number of carbonyl (C=O) groups excluding carboxylic acids is 1. The van der Waals surface area contributed by atoms with Crippen LogP contribution in [-0.4, -0.2) is 55.4 Å². The fraction of sp³-hybridized carbons (Fsp3) is 0.581. The molecule has 4 fully saturated rings. The predicted molar refractivity (Wildman–Crippen MR) is 153 cm³/mol. The van der Waals surface area contributed by atoms with E-state index in [4.69, 9.17) is 21.1 Å². The summed E-state index contributed by atoms with van der Waals surface area (Å²) in [6, 6.07) is 17.1. The van der Waals surface area contributed by atoms with Crippen molar-refractivity contribution in [2.75, 3.05) is 31.6 Å². The minimum absolute atomic E-state index is 0.0295. The molecule has 4 heterocycles. The van der Waals surface area contributed by atoms with Crippen molar-refractivity contribution >= 4 is 23.3 Å². The summed E-state index contributed by atoms with van der Waals surface area (Å²) in [6.07, 6.45) is 9.47. The molecule has 4 aliphatic rings. The van der Waals surface area contributed by atoms with Crippen LogP contribution in [0.4, 0.5) is 10.5 Å². The van der Waals surface area contributed by atoms with E-state index < -0.39 is 0 Å². The van der Waals surface area contributed by atoms with Crippen LogP contribution in [0.25, 0.3) is 0 Å². The maximum Gasteiger partial charge on any atom is 0.321 e. The van der Waals surface area contributed by atoms with E-state index in [-0.39, 0.29) is 6.03 Å². The van der Waals surface area contributed by atoms with Gasteiger partial charge in [-0.25, -0.2) is 4.79 Å². The van der Waals surface area contributed by atoms with Crippen LogP contribution in [0.2, 0.25) is 5.02 Å². The summed E-state index contributed by atoms with van der Waals surface area (Å²) in [5.74, 6) is 2.28. The Kier molecular flexibility index (Phi) is 9.47. The van der Waals surface area contributed by atoms with E-state index in [1.165, 1.54) is 31.2 Å². The number of nitrogens with one attached hydrogen (secondary N) is 2. The lowest BCUT2D eigenvalue weighted by atomic mass is 9.89. The average molecular weight is 540 g/mol. The normalized spacial score (nSPS) is 25.8. The highest BCUT2D eigenvalue weighted by Gasteiger charge is 2.34. The lowest BCUT2D eigenvalue weighted by molar-refractivity contribution is 0.0716. The highest BCUT2D eigenvalue weighted by molar-refractivity contribution is 6.30. The van der Waals surface area contributed by atoms with Crippen LogP contribution in [0.3, 0.4) is 0 Å². The number of hydrogen-bond donors (Lipinski definition) is 2. The Morgan fingerprint density at radius 1 is 0.921 bits per heavy atom. The number of benzene rings is 2. The molecule has 7 heteroatoms. The fourth-order valence-corrected chi connectivity index (χ4v) is 6.21. The highest BCUT2D eigenvalue weighted by atomic mass is 35.5. The van der Waals surface area contributed by atoms with Crippen LogP contribution >= 0.6 is 11.6 Å². The van der Waals surface area contributed by atoms with E-state index in [9.17, 15) is 4.79 Å². The number of fused-ring (bicyclic) bond motifs is 2. The van der Waals surface area contributed by atoms with Gasteiger partial charge in [0.1, 0.15) is 11.9 Å². The molecule has 0 aliphatic carbocycles. The number of ether oxygens (including phenoxy) is 2. The third-order valence-corrected chi connectivity index (χ3v) is 8.72. The summed E-state index contributed by atoms with van der Waals surface area (Å²) < 4.78 is 11.3. The standard InChI is InChI=1S/C25H30ClN3O2.C6H12O/c26-19-3-1-17(2-4-19)18-11-13-29(14-12-18)25(30)28-20-7-9-23(10-8-20)31-24-15-21-5-6-22(16-24)27-21;1-6-2-4-7-5-3-6/h1-4,7-10,18,21-22,24,27H,5-6,11-16H2,(H,28,30);6H,2-5H2,1H3/t21-,22+,24?;. The Labute approximate surface area is 232 Å². The second kappa shape index (κ2) is 13.2. The molecule has 0 spiro atoms. The first-order valence-electron chi connectivity index (χ1n) is 14.4. The van der Waals surface area contributed by atoms with Gasteiger partial charge in [0.05, 0.1) is 0 Å². The van der Waals surface area contributed by atoms with E-state index in [1.807, 2.05) is 41.3 Å². The van der Waals surface area contributed by atoms with Gasteiger partial charge in [0.2, 0.25) is 0 Å². The summed E-state index contributed by atoms with van der Waals surface area (Å²) in [7, 11) is 0. The topological polar surface area (TPSA) is 62.8 Å². The Balaban J connectivity index is 0.000000366. The molecule has 2 amide bonds. The number of hydrogen-bond acceptors (Lipinski definition) is 4. The van der Waals surface area contributed by atoms with Gasteiger partial charge in [-0.3, -0.25) is 0 Å². The first kappa shape index (κ1) is 27.3. The molecule has 3 atom stereocenters. The monoisotopic (exact) mass is 539 g/mol. The van der Waals surface area contributed by atoms with Crippen LogP contribution in [0, 0.1) is 5.92 Å². The lowest BCUT2D eigenvalue weighted by Gasteiger charge is -2.32. The zero-order valence-electron chi connectivity index (χ0n) is 22.5. The van der Waals surface area contributed by atoms with Gasteiger partial charge in [-0.1, -0.05) is 30.7 Å². The molecule has 6 rings (SSSR count). The summed E-state index contributed by atoms with van der Waals surface area (Å²) in [4.78, 5) is 14.6. The number of rotatable bonds is 4. The van der Waals surface area contributed by atoms with E-state index in [0.29, 0.717) is 24.1 Å². The van der Waals surface area contributed by atoms with Crippen molar-refractivity contribution in [2.45, 2.75) is 82.4 Å². The number of likely N-dealkylation sites (tertiary alicyclic amines) is 1. The van der Waals surface area contributed by atoms with Crippen molar-refractivity contribution in [3.05, 3.63) is 59.1 Å². The van der Waals surface area contributed by atoms with E-state index in [0.717, 1.165) is 74.4 Å². The number of amides is 2. The largest absolute Gasteiger partial charge is 0.490 e. The van der Waals surface area contributed by atoms with Gasteiger partial charge in [0.15, 0.2) is 0 Å². The molecular formula is C31H42ClN3O3. The maximum absolute atomic E-state index is 12.7. The second-order valence-corrected chi connectivity index (χ2v) is 11.8. The van der Waals surface area contributed by atoms with Crippen LogP contribution < -0.4 is 15.4 Å². The van der Waals surface area contributed by atoms with Gasteiger partial charge in [-0.05, 0) is 105 Å². The van der Waals surface area contributed by atoms with Crippen molar-refractivity contribution in [1.29, 1.82) is 0 Å². The van der Waals surface area contributed by atoms with Crippen LogP contribution in [0.5, 0.6) is 5.75 Å². The molecule has 1 unspecified atom stereocenters. The summed E-state index contributed by atoms with van der Waals surface area (Å²) >= 11 is 5.99. The molecule has 0 radical (unpaired) electrons. The molecule has 4 aliphatic heterocycles. The molecule has 206 valence electrons. The first-order valence-corrected chi connectivity index (χ1v) is 14.8. The predicted octanol–water partition coefficient (Wildman–Crippen LogP) is 6.85. The molecule has 2 N–H and O–H groups in total. The zero-order chi connectivity index (χ0) is 26.3. The molecular weight excluding hydrogens is 498 g/mol. The second-order valence-electron chi connectivity index (χ2n) is 11.4. The molecule has 6 nitrogen and oxygen atoms in total. The van der Waals surface area contributed by atoms with Crippen molar-refractivity contribution in [1.82, 2.24) is 10.2 Å². The molecule has 38 heavy (non-hydrogen) atoms. The van der Waals surface area contributed by atoms with E-state index in [1.54, 1.807) is 0 Å². The van der Waals surface area contributed by atoms with Crippen molar-refractivity contribution in [3.8, 4) is 5.75 Å². The SMILES string of the molecule is CC1CCOCC1.O=C(Nc1ccc(OC2C[C@H]3CC[C@@H](C2)N3)cc1)N1CCC(c2ccc(Cl)cc2)CC1. The number of carbonyl (C=O) groups is 1. The summed E-state index contributed by atoms with van der Waals surface area (Å²) in [5, 5.41) is 7.44. The minimum Gasteiger partial charge on any atom is -0.490 e. The number of anilines is 1. The zero-order valence-corrected chi connectivity index (χ0v) is 23.3. The molecule has 0 saturated carbocycles. The van der Waals surface area contributed by atoms with Gasteiger partial charge >= 0.3 is 6.03 Å². The van der Waals surface area contributed by atoms with Gasteiger partial charge in [0, 0.05) is 49.1 Å². The third-order valence-electron chi connectivity index (χ3n) is 8.47. The fourth-order valence-electron chi connectivity index (χ4n) is 6.08. The van der Waals surface area contributed by atoms with E-state index >= 15 is 0 Å². The maximum atomic E-state index is 12.7. The van der Waals surface area contributed by atoms with Gasteiger partial charge in [-0.2, -0.15) is 0 Å². The number of urea groups is 1. The summed E-state index contributed by atoms with van der Waals surface area (Å²) in [6.45, 7) is 5.78. The van der Waals surface area contributed by atoms with Gasteiger partial charge < -0.3 is 25.0 Å². The molecule has 2 aromatic carbocycles. The van der Waals surface area contributed by atoms with Crippen LogP contribution in [0.1, 0.15) is 69.8 Å². The molecule has 2 aromatic rings. The molecule has 4 saturated heterocycles. The quantitative estimate of drug-likeness (QED) is 0.446. The number of piperidine rings is 2. The Hall–Kier alpha value is -2.28. The van der Waals surface area contributed by atoms with Gasteiger partial charge in [0.25, 0.3) is 0 Å². The summed E-state index contributed by atoms with van der Waals surface area (Å²) in [5.41, 5.74) is 2.12.